The van der Waals surface area contributed by atoms with Crippen molar-refractivity contribution in [2.45, 2.75) is 58.3 Å². The third kappa shape index (κ3) is 9.86. The SMILES string of the molecule is CCCCCCCCC[C](F)F. The largest absolute Gasteiger partial charge is 0.310 e. The zero-order valence-corrected chi connectivity index (χ0v) is 7.91. The molecule has 0 aromatic carbocycles. The fourth-order valence-corrected chi connectivity index (χ4v) is 1.22. The van der Waals surface area contributed by atoms with Crippen molar-refractivity contribution >= 4 is 0 Å². The molecule has 0 atom stereocenters. The predicted molar refractivity (Wildman–Crippen MR) is 48.1 cm³/mol. The summed E-state index contributed by atoms with van der Waals surface area (Å²) in [6.07, 6.45) is 6.33. The van der Waals surface area contributed by atoms with E-state index < -0.39 is 6.43 Å². The second-order valence-electron chi connectivity index (χ2n) is 3.21. The van der Waals surface area contributed by atoms with Gasteiger partial charge in [0.25, 0.3) is 0 Å². The van der Waals surface area contributed by atoms with E-state index in [4.69, 9.17) is 0 Å². The summed E-state index contributed by atoms with van der Waals surface area (Å²) in [5.41, 5.74) is 0. The fourth-order valence-electron chi connectivity index (χ4n) is 1.22. The van der Waals surface area contributed by atoms with Gasteiger partial charge in [0, 0.05) is 6.42 Å². The molecule has 0 spiro atoms. The van der Waals surface area contributed by atoms with Crippen LogP contribution in [0.25, 0.3) is 0 Å². The minimum absolute atomic E-state index is 0.00772. The fraction of sp³-hybridized carbons (Fsp3) is 0.900. The normalized spacial score (nSPS) is 11.0. The molecule has 0 aliphatic rings. The highest BCUT2D eigenvalue weighted by Crippen LogP contribution is 2.15. The molecule has 2 heteroatoms. The summed E-state index contributed by atoms with van der Waals surface area (Å²) in [6, 6.07) is 0. The van der Waals surface area contributed by atoms with E-state index in [9.17, 15) is 8.78 Å². The molecule has 0 aromatic heterocycles. The summed E-state index contributed by atoms with van der Waals surface area (Å²) in [5, 5.41) is 0. The number of hydrogen-bond donors (Lipinski definition) is 0. The topological polar surface area (TPSA) is 0 Å². The third-order valence-corrected chi connectivity index (χ3v) is 1.97. The Bertz CT molecular complexity index is 81.9. The molecule has 12 heavy (non-hydrogen) atoms. The Morgan fingerprint density at radius 2 is 1.33 bits per heavy atom. The molecule has 0 unspecified atom stereocenters. The van der Waals surface area contributed by atoms with Crippen LogP contribution in [0, 0.1) is 6.43 Å². The van der Waals surface area contributed by atoms with E-state index in [1.165, 1.54) is 25.7 Å². The molecular weight excluding hydrogens is 158 g/mol. The maximum Gasteiger partial charge on any atom is 0.310 e. The lowest BCUT2D eigenvalue weighted by Gasteiger charge is -1.99. The lowest BCUT2D eigenvalue weighted by atomic mass is 10.1. The molecule has 0 rings (SSSR count). The molecule has 0 nitrogen and oxygen atoms in total. The van der Waals surface area contributed by atoms with E-state index in [-0.39, 0.29) is 6.42 Å². The summed E-state index contributed by atoms with van der Waals surface area (Å²) >= 11 is 0. The highest BCUT2D eigenvalue weighted by atomic mass is 19.3. The molecule has 0 fully saturated rings. The Morgan fingerprint density at radius 3 is 1.83 bits per heavy atom. The van der Waals surface area contributed by atoms with Gasteiger partial charge < -0.3 is 0 Å². The summed E-state index contributed by atoms with van der Waals surface area (Å²) in [7, 11) is 0. The lowest BCUT2D eigenvalue weighted by molar-refractivity contribution is 0.264. The summed E-state index contributed by atoms with van der Waals surface area (Å²) in [5.74, 6) is 0. The molecule has 0 N–H and O–H groups in total. The number of unbranched alkanes of at least 4 members (excludes halogenated alkanes) is 6. The van der Waals surface area contributed by atoms with Crippen molar-refractivity contribution in [2.75, 3.05) is 0 Å². The van der Waals surface area contributed by atoms with E-state index >= 15 is 0 Å². The Hall–Kier alpha value is -0.140. The number of halogens is 2. The van der Waals surface area contributed by atoms with Gasteiger partial charge in [-0.25, -0.2) is 0 Å². The molecule has 0 amide bonds. The average Bonchev–Trinajstić information content (AvgIpc) is 2.02. The highest BCUT2D eigenvalue weighted by molar-refractivity contribution is 4.58. The highest BCUT2D eigenvalue weighted by Gasteiger charge is 2.02. The minimum atomic E-state index is -1.41. The first kappa shape index (κ1) is 11.9. The van der Waals surface area contributed by atoms with Crippen molar-refractivity contribution in [3.8, 4) is 0 Å². The van der Waals surface area contributed by atoms with E-state index in [2.05, 4.69) is 6.92 Å². The van der Waals surface area contributed by atoms with Crippen molar-refractivity contribution < 1.29 is 8.78 Å². The van der Waals surface area contributed by atoms with Gasteiger partial charge in [0.15, 0.2) is 0 Å². The van der Waals surface area contributed by atoms with Crippen LogP contribution in [0.1, 0.15) is 58.3 Å². The molecule has 1 radical (unpaired) electrons. The third-order valence-electron chi connectivity index (χ3n) is 1.97. The molecule has 73 valence electrons. The Kier molecular flexibility index (Phi) is 8.85. The van der Waals surface area contributed by atoms with Crippen LogP contribution in [0.3, 0.4) is 0 Å². The van der Waals surface area contributed by atoms with Crippen molar-refractivity contribution in [3.63, 3.8) is 0 Å². The van der Waals surface area contributed by atoms with Gasteiger partial charge in [-0.15, -0.1) is 0 Å². The maximum atomic E-state index is 11.6. The van der Waals surface area contributed by atoms with Crippen LogP contribution in [0.15, 0.2) is 0 Å². The van der Waals surface area contributed by atoms with Crippen LogP contribution in [-0.4, -0.2) is 0 Å². The van der Waals surface area contributed by atoms with Crippen molar-refractivity contribution in [1.29, 1.82) is 0 Å². The van der Waals surface area contributed by atoms with E-state index in [1.54, 1.807) is 0 Å². The molecule has 0 heterocycles. The first-order chi connectivity index (χ1) is 5.77. The summed E-state index contributed by atoms with van der Waals surface area (Å²) in [6.45, 7) is 2.17. The molecule has 0 saturated heterocycles. The monoisotopic (exact) mass is 177 g/mol. The predicted octanol–water partition coefficient (Wildman–Crippen LogP) is 4.56. The van der Waals surface area contributed by atoms with Gasteiger partial charge in [-0.05, 0) is 6.42 Å². The van der Waals surface area contributed by atoms with Crippen LogP contribution >= 0.6 is 0 Å². The molecule has 0 aliphatic heterocycles. The van der Waals surface area contributed by atoms with Gasteiger partial charge in [-0.2, -0.15) is 8.78 Å². The number of hydrogen-bond acceptors (Lipinski definition) is 0. The molecule has 0 aromatic rings. The molecule has 0 saturated carbocycles. The second kappa shape index (κ2) is 8.95. The van der Waals surface area contributed by atoms with Gasteiger partial charge in [0.2, 0.25) is 0 Å². The van der Waals surface area contributed by atoms with Crippen molar-refractivity contribution in [1.82, 2.24) is 0 Å². The van der Waals surface area contributed by atoms with E-state index in [0.29, 0.717) is 6.42 Å². The van der Waals surface area contributed by atoms with Crippen molar-refractivity contribution in [3.05, 3.63) is 6.43 Å². The standard InChI is InChI=1S/C10H19F2/c1-2-3-4-5-6-7-8-9-10(11)12/h2-9H2,1H3. The zero-order chi connectivity index (χ0) is 9.23. The summed E-state index contributed by atoms with van der Waals surface area (Å²) < 4.78 is 23.2. The van der Waals surface area contributed by atoms with Crippen molar-refractivity contribution in [2.24, 2.45) is 0 Å². The zero-order valence-electron chi connectivity index (χ0n) is 7.91. The van der Waals surface area contributed by atoms with E-state index in [0.717, 1.165) is 12.8 Å². The maximum absolute atomic E-state index is 11.6. The first-order valence-corrected chi connectivity index (χ1v) is 4.94. The lowest BCUT2D eigenvalue weighted by Crippen LogP contribution is -1.82. The molecule has 0 aliphatic carbocycles. The second-order valence-corrected chi connectivity index (χ2v) is 3.21. The van der Waals surface area contributed by atoms with Crippen LogP contribution in [0.5, 0.6) is 0 Å². The Balaban J connectivity index is 2.82. The molecular formula is C10H19F2. The van der Waals surface area contributed by atoms with Gasteiger partial charge in [0.1, 0.15) is 0 Å². The average molecular weight is 177 g/mol. The Labute approximate surface area is 74.4 Å². The number of rotatable bonds is 8. The minimum Gasteiger partial charge on any atom is -0.200 e. The molecule has 0 bridgehead atoms. The van der Waals surface area contributed by atoms with Crippen LogP contribution in [-0.2, 0) is 0 Å². The Morgan fingerprint density at radius 1 is 0.833 bits per heavy atom. The first-order valence-electron chi connectivity index (χ1n) is 4.94. The van der Waals surface area contributed by atoms with Crippen LogP contribution in [0.2, 0.25) is 0 Å². The summed E-state index contributed by atoms with van der Waals surface area (Å²) in [4.78, 5) is 0. The van der Waals surface area contributed by atoms with Gasteiger partial charge in [-0.3, -0.25) is 0 Å². The van der Waals surface area contributed by atoms with Gasteiger partial charge >= 0.3 is 6.43 Å². The van der Waals surface area contributed by atoms with Gasteiger partial charge in [0.05, 0.1) is 0 Å². The van der Waals surface area contributed by atoms with Gasteiger partial charge in [-0.1, -0.05) is 45.4 Å². The quantitative estimate of drug-likeness (QED) is 0.477. The smallest absolute Gasteiger partial charge is 0.200 e. The van der Waals surface area contributed by atoms with Crippen LogP contribution in [0.4, 0.5) is 8.78 Å². The van der Waals surface area contributed by atoms with Crippen LogP contribution < -0.4 is 0 Å². The van der Waals surface area contributed by atoms with E-state index in [1.807, 2.05) is 0 Å².